The number of halogens is 1. The number of hydrogen-bond donors (Lipinski definition) is 0. The molecule has 0 unspecified atom stereocenters. The van der Waals surface area contributed by atoms with Gasteiger partial charge in [0.1, 0.15) is 0 Å². The Hall–Kier alpha value is -1.19. The van der Waals surface area contributed by atoms with E-state index in [1.165, 1.54) is 44.8 Å². The Morgan fingerprint density at radius 3 is 1.20 bits per heavy atom. The molecule has 0 aromatic heterocycles. The maximum atomic E-state index is 4.58. The number of anilines is 2. The minimum absolute atomic E-state index is 1.27. The van der Waals surface area contributed by atoms with Crippen LogP contribution in [0.4, 0.5) is 11.4 Å². The first kappa shape index (κ1) is 20.1. The quantitative estimate of drug-likeness (QED) is 0.335. The van der Waals surface area contributed by atoms with E-state index in [1.807, 2.05) is 0 Å². The topological polar surface area (TPSA) is 6.48 Å². The van der Waals surface area contributed by atoms with Crippen molar-refractivity contribution in [1.82, 2.24) is 0 Å². The second-order valence-electron chi connectivity index (χ2n) is 6.72. The first-order valence-electron chi connectivity index (χ1n) is 8.24. The van der Waals surface area contributed by atoms with Crippen molar-refractivity contribution < 1.29 is 20.0 Å². The summed E-state index contributed by atoms with van der Waals surface area (Å²) in [5.41, 5.74) is 10.4. The molecule has 0 spiro atoms. The zero-order chi connectivity index (χ0) is 18.7. The molecule has 0 amide bonds. The number of hydrogen-bond acceptors (Lipinski definition) is 2. The number of nitrogens with zero attached hydrogens (tertiary/aromatic N) is 2. The summed E-state index contributed by atoms with van der Waals surface area (Å²) in [6.07, 6.45) is 4.28. The van der Waals surface area contributed by atoms with E-state index in [-0.39, 0.29) is 0 Å². The van der Waals surface area contributed by atoms with Crippen LogP contribution in [-0.4, -0.2) is 0 Å². The molecule has 1 aliphatic rings. The van der Waals surface area contributed by atoms with Crippen molar-refractivity contribution in [3.05, 3.63) is 76.7 Å². The molecule has 2 aromatic carbocycles. The molecule has 0 atom stereocenters. The van der Waals surface area contributed by atoms with Crippen LogP contribution in [0, 0.1) is 48.2 Å². The molecule has 0 N–H and O–H groups in total. The summed E-state index contributed by atoms with van der Waals surface area (Å²) < 4.78 is 0. The fraction of sp³-hybridized carbons (Fsp3) is 0.286. The van der Waals surface area contributed by atoms with Crippen molar-refractivity contribution in [2.75, 3.05) is 9.80 Å². The van der Waals surface area contributed by atoms with Crippen LogP contribution in [0.2, 0.25) is 0 Å². The predicted octanol–water partition coefficient (Wildman–Crippen LogP) is 6.14. The maximum absolute atomic E-state index is 4.58. The van der Waals surface area contributed by atoms with Gasteiger partial charge in [-0.05, 0) is 76.2 Å². The Kier molecular flexibility index (Phi) is 6.81. The fourth-order valence-corrected chi connectivity index (χ4v) is 3.78. The number of rotatable bonds is 2. The summed E-state index contributed by atoms with van der Waals surface area (Å²) in [4.78, 5) is 4.45. The van der Waals surface area contributed by atoms with Crippen molar-refractivity contribution in [2.24, 2.45) is 0 Å². The van der Waals surface area contributed by atoms with Gasteiger partial charge in [0, 0.05) is 11.4 Å². The Morgan fingerprint density at radius 2 is 0.920 bits per heavy atom. The molecule has 3 rings (SSSR count). The van der Waals surface area contributed by atoms with Gasteiger partial charge in [-0.2, -0.15) is 0 Å². The predicted molar refractivity (Wildman–Crippen MR) is 106 cm³/mol. The van der Waals surface area contributed by atoms with Gasteiger partial charge in [-0.25, -0.2) is 0 Å². The van der Waals surface area contributed by atoms with Gasteiger partial charge in [-0.3, -0.25) is 0 Å². The van der Waals surface area contributed by atoms with E-state index in [9.17, 15) is 0 Å². The molecule has 25 heavy (non-hydrogen) atoms. The summed E-state index contributed by atoms with van der Waals surface area (Å²) >= 11 is 1.75. The summed E-state index contributed by atoms with van der Waals surface area (Å²) in [7, 11) is 4.58. The van der Waals surface area contributed by atoms with Crippen molar-refractivity contribution in [1.29, 1.82) is 0 Å². The van der Waals surface area contributed by atoms with E-state index < -0.39 is 0 Å². The monoisotopic (exact) mass is 537 g/mol. The van der Waals surface area contributed by atoms with E-state index in [1.54, 1.807) is 20.0 Å². The van der Waals surface area contributed by atoms with Crippen LogP contribution in [0.1, 0.15) is 33.4 Å². The molecular weight excluding hydrogens is 513 g/mol. The summed E-state index contributed by atoms with van der Waals surface area (Å²) in [5.74, 6) is 0. The molecule has 0 saturated carbocycles. The van der Waals surface area contributed by atoms with Gasteiger partial charge in [0.2, 0.25) is 0 Å². The average molecular weight is 538 g/mol. The first-order chi connectivity index (χ1) is 11.9. The summed E-state index contributed by atoms with van der Waals surface area (Å²) in [5, 5.41) is 0. The molecule has 0 radical (unpaired) electrons. The van der Waals surface area contributed by atoms with Crippen LogP contribution in [0.5, 0.6) is 0 Å². The molecule has 0 aliphatic carbocycles. The van der Waals surface area contributed by atoms with Gasteiger partial charge in [0.25, 0.3) is 0 Å². The third kappa shape index (κ3) is 4.32. The summed E-state index contributed by atoms with van der Waals surface area (Å²) in [6, 6.07) is 8.98. The van der Waals surface area contributed by atoms with Gasteiger partial charge in [-0.15, -0.1) is 6.67 Å². The first-order valence-corrected chi connectivity index (χ1v) is 10.9. The van der Waals surface area contributed by atoms with Crippen molar-refractivity contribution >= 4 is 20.6 Å². The Morgan fingerprint density at radius 1 is 0.640 bits per heavy atom. The number of benzene rings is 2. The molecule has 0 fully saturated rings. The minimum atomic E-state index is 1.27. The second-order valence-corrected chi connectivity index (χ2v) is 6.72. The van der Waals surface area contributed by atoms with Crippen LogP contribution < -0.4 is 9.80 Å². The molecule has 2 aromatic rings. The van der Waals surface area contributed by atoms with E-state index in [0.29, 0.717) is 0 Å². The van der Waals surface area contributed by atoms with Crippen molar-refractivity contribution in [3.63, 3.8) is 0 Å². The normalized spacial score (nSPS) is 13.2. The van der Waals surface area contributed by atoms with Gasteiger partial charge in [0.05, 0.1) is 0 Å². The third-order valence-corrected chi connectivity index (χ3v) is 4.42. The zero-order valence-corrected chi connectivity index (χ0v) is 18.5. The van der Waals surface area contributed by atoms with E-state index >= 15 is 0 Å². The Bertz CT molecular complexity index is 687. The van der Waals surface area contributed by atoms with E-state index in [4.69, 9.17) is 0 Å². The second kappa shape index (κ2) is 8.46. The number of aryl methyl sites for hydroxylation is 6. The Balaban J connectivity index is 0.00000109. The van der Waals surface area contributed by atoms with Crippen molar-refractivity contribution in [2.45, 2.75) is 41.5 Å². The molecule has 0 bridgehead atoms. The Labute approximate surface area is 168 Å². The van der Waals surface area contributed by atoms with Crippen LogP contribution in [0.15, 0.2) is 36.7 Å². The molecule has 1 heterocycles. The van der Waals surface area contributed by atoms with Gasteiger partial charge in [-0.1, -0.05) is 35.4 Å². The molecule has 2 nitrogen and oxygen atoms in total. The standard InChI is InChI=1S/C21H25N2.Au.ClH/c1-14-9-16(3)20(17(4)10-14)22-7-8-23(13-22)21-18(5)11-15(2)12-19(21)6;;/h7-13H,1-6H3;;1H/q-1;+1;/p-1. The van der Waals surface area contributed by atoms with Crippen molar-refractivity contribution in [3.8, 4) is 0 Å². The summed E-state index contributed by atoms with van der Waals surface area (Å²) in [6.45, 7) is 15.2. The molecule has 4 heteroatoms. The van der Waals surface area contributed by atoms with Gasteiger partial charge >= 0.3 is 29.2 Å². The van der Waals surface area contributed by atoms with E-state index in [2.05, 4.69) is 104 Å². The SMILES string of the molecule is Cc1cc(C)c(N2C=CN(c3c(C)cc(C)cc3C)[CH-]2)c(C)c1.[Cl][Au]. The van der Waals surface area contributed by atoms with Crippen LogP contribution in [0.3, 0.4) is 0 Å². The fourth-order valence-electron chi connectivity index (χ4n) is 3.78. The average Bonchev–Trinajstić information content (AvgIpc) is 2.96. The van der Waals surface area contributed by atoms with E-state index in [0.717, 1.165) is 0 Å². The van der Waals surface area contributed by atoms with Crippen LogP contribution in [0.25, 0.3) is 0 Å². The molecule has 0 saturated heterocycles. The van der Waals surface area contributed by atoms with Crippen LogP contribution >= 0.6 is 9.19 Å². The third-order valence-electron chi connectivity index (χ3n) is 4.42. The zero-order valence-electron chi connectivity index (χ0n) is 15.6. The van der Waals surface area contributed by atoms with Gasteiger partial charge < -0.3 is 9.80 Å². The molecule has 1 aliphatic heterocycles. The molecular formula is C21H25AuClN2-. The molecule has 138 valence electrons. The van der Waals surface area contributed by atoms with Gasteiger partial charge in [0.15, 0.2) is 0 Å². The van der Waals surface area contributed by atoms with Crippen LogP contribution in [-0.2, 0) is 20.0 Å².